The van der Waals surface area contributed by atoms with Gasteiger partial charge in [0.25, 0.3) is 0 Å². The van der Waals surface area contributed by atoms with Crippen LogP contribution in [0.4, 0.5) is 0 Å². The second-order valence-corrected chi connectivity index (χ2v) is 4.76. The van der Waals surface area contributed by atoms with E-state index in [4.69, 9.17) is 0 Å². The number of hydrogen-bond acceptors (Lipinski definition) is 0. The first-order chi connectivity index (χ1) is 8.83. The summed E-state index contributed by atoms with van der Waals surface area (Å²) in [6.07, 6.45) is 10.2. The molecule has 0 aliphatic carbocycles. The fourth-order valence-corrected chi connectivity index (χ4v) is 1.30. The van der Waals surface area contributed by atoms with E-state index in [-0.39, 0.29) is 39.1 Å². The summed E-state index contributed by atoms with van der Waals surface area (Å²) in [5.74, 6) is 0. The Balaban J connectivity index is -0.0000000492. The summed E-state index contributed by atoms with van der Waals surface area (Å²) < 4.78 is 0. The van der Waals surface area contributed by atoms with Crippen LogP contribution in [0.2, 0.25) is 0 Å². The Bertz CT molecular complexity index is 111. The van der Waals surface area contributed by atoms with Crippen LogP contribution in [0.5, 0.6) is 0 Å². The number of unbranched alkanes of at least 4 members (excludes halogenated alkanes) is 4. The molecule has 2 nitrogen and oxygen atoms in total. The fourth-order valence-electron chi connectivity index (χ4n) is 1.30. The molecule has 0 rings (SSSR count). The molecule has 0 atom stereocenters. The van der Waals surface area contributed by atoms with E-state index in [1.54, 1.807) is 0 Å². The molecule has 0 spiro atoms. The van der Waals surface area contributed by atoms with Crippen LogP contribution < -0.4 is 18.9 Å². The molecule has 0 aromatic rings. The molecular formula is C16H38AlLiN2. The zero-order chi connectivity index (χ0) is 13.9. The summed E-state index contributed by atoms with van der Waals surface area (Å²) in [7, 11) is 0. The van der Waals surface area contributed by atoms with Gasteiger partial charge in [-0.15, -0.1) is 26.2 Å². The van der Waals surface area contributed by atoms with Crippen molar-refractivity contribution in [2.75, 3.05) is 26.2 Å². The largest absolute Gasteiger partial charge is 3.00 e. The third kappa shape index (κ3) is 36.4. The SMILES string of the molecule is CCCC[N-]CCCC.CCCC[N-]CCCC.[Al+3].[H-].[H-].[Li+]. The molecule has 0 radical (unpaired) electrons. The molecule has 0 unspecified atom stereocenters. The van der Waals surface area contributed by atoms with Gasteiger partial charge in [0.15, 0.2) is 0 Å². The van der Waals surface area contributed by atoms with Crippen molar-refractivity contribution < 1.29 is 21.7 Å². The van der Waals surface area contributed by atoms with E-state index in [9.17, 15) is 0 Å². The molecule has 0 aliphatic rings. The average molecular weight is 292 g/mol. The Morgan fingerprint density at radius 3 is 0.900 bits per heavy atom. The minimum absolute atomic E-state index is 0. The smallest absolute Gasteiger partial charge is 1.00 e. The maximum Gasteiger partial charge on any atom is 3.00 e. The van der Waals surface area contributed by atoms with Crippen molar-refractivity contribution >= 4 is 17.4 Å². The Kier molecular flexibility index (Phi) is 46.8. The fraction of sp³-hybridized carbons (Fsp3) is 1.00. The van der Waals surface area contributed by atoms with Gasteiger partial charge in [0.2, 0.25) is 0 Å². The predicted molar refractivity (Wildman–Crippen MR) is 93.8 cm³/mol. The summed E-state index contributed by atoms with van der Waals surface area (Å²) in [6, 6.07) is 0. The van der Waals surface area contributed by atoms with Crippen LogP contribution >= 0.6 is 0 Å². The molecule has 0 fully saturated rings. The topological polar surface area (TPSA) is 28.2 Å². The Labute approximate surface area is 154 Å². The molecule has 0 aromatic carbocycles. The van der Waals surface area contributed by atoms with Gasteiger partial charge in [-0.3, -0.25) is 0 Å². The third-order valence-electron chi connectivity index (χ3n) is 2.68. The first kappa shape index (κ1) is 29.1. The van der Waals surface area contributed by atoms with Crippen LogP contribution in [-0.2, 0) is 0 Å². The van der Waals surface area contributed by atoms with Gasteiger partial charge in [-0.1, -0.05) is 79.1 Å². The summed E-state index contributed by atoms with van der Waals surface area (Å²) >= 11 is 0. The summed E-state index contributed by atoms with van der Waals surface area (Å²) in [6.45, 7) is 13.1. The van der Waals surface area contributed by atoms with Gasteiger partial charge >= 0.3 is 36.2 Å². The Hall–Kier alpha value is 1.05. The molecule has 0 saturated heterocycles. The normalized spacial score (nSPS) is 9.00. The quantitative estimate of drug-likeness (QED) is 0.391. The Morgan fingerprint density at radius 2 is 0.750 bits per heavy atom. The summed E-state index contributed by atoms with van der Waals surface area (Å²) in [5.41, 5.74) is 0. The van der Waals surface area contributed by atoms with Gasteiger partial charge in [-0.2, -0.15) is 0 Å². The van der Waals surface area contributed by atoms with Crippen LogP contribution in [0.15, 0.2) is 0 Å². The van der Waals surface area contributed by atoms with Gasteiger partial charge in [0.1, 0.15) is 0 Å². The van der Waals surface area contributed by atoms with Crippen molar-refractivity contribution in [1.29, 1.82) is 0 Å². The van der Waals surface area contributed by atoms with Crippen LogP contribution in [0.25, 0.3) is 10.6 Å². The van der Waals surface area contributed by atoms with Crippen molar-refractivity contribution in [2.24, 2.45) is 0 Å². The average Bonchev–Trinajstić information content (AvgIpc) is 2.39. The van der Waals surface area contributed by atoms with Crippen molar-refractivity contribution in [3.63, 3.8) is 0 Å². The van der Waals surface area contributed by atoms with E-state index in [1.165, 1.54) is 51.4 Å². The molecule has 0 heterocycles. The van der Waals surface area contributed by atoms with E-state index in [2.05, 4.69) is 38.3 Å². The Morgan fingerprint density at radius 1 is 0.550 bits per heavy atom. The summed E-state index contributed by atoms with van der Waals surface area (Å²) in [4.78, 5) is 0. The van der Waals surface area contributed by atoms with Crippen LogP contribution in [-0.4, -0.2) is 43.5 Å². The summed E-state index contributed by atoms with van der Waals surface area (Å²) in [5, 5.41) is 8.70. The monoisotopic (exact) mass is 292 g/mol. The van der Waals surface area contributed by atoms with Gasteiger partial charge in [0.05, 0.1) is 0 Å². The molecule has 0 bridgehead atoms. The van der Waals surface area contributed by atoms with E-state index in [0.717, 1.165) is 26.2 Å². The van der Waals surface area contributed by atoms with Gasteiger partial charge in [-0.05, 0) is 0 Å². The van der Waals surface area contributed by atoms with Gasteiger partial charge < -0.3 is 13.5 Å². The second kappa shape index (κ2) is 32.1. The minimum atomic E-state index is 0. The zero-order valence-corrected chi connectivity index (χ0v) is 16.1. The van der Waals surface area contributed by atoms with Crippen molar-refractivity contribution in [3.05, 3.63) is 10.6 Å². The standard InChI is InChI=1S/2C8H18N.Al.Li.2H/c2*1-3-5-7-9-8-6-4-2;;;;/h2*3-8H2,1-2H3;;;;/q2*-1;+3;+1;2*-1. The van der Waals surface area contributed by atoms with E-state index in [0.29, 0.717) is 0 Å². The van der Waals surface area contributed by atoms with Gasteiger partial charge in [-0.25, -0.2) is 0 Å². The molecule has 0 saturated carbocycles. The van der Waals surface area contributed by atoms with E-state index in [1.807, 2.05) is 0 Å². The molecule has 0 amide bonds. The first-order valence-corrected chi connectivity index (χ1v) is 8.09. The van der Waals surface area contributed by atoms with Gasteiger partial charge in [0, 0.05) is 0 Å². The minimum Gasteiger partial charge on any atom is -1.00 e. The van der Waals surface area contributed by atoms with Crippen LogP contribution in [0.3, 0.4) is 0 Å². The molecule has 20 heavy (non-hydrogen) atoms. The first-order valence-electron chi connectivity index (χ1n) is 8.09. The third-order valence-corrected chi connectivity index (χ3v) is 2.68. The predicted octanol–water partition coefficient (Wildman–Crippen LogP) is 2.77. The molecule has 0 aliphatic heterocycles. The zero-order valence-electron chi connectivity index (χ0n) is 17.0. The maximum atomic E-state index is 4.35. The molecule has 116 valence electrons. The van der Waals surface area contributed by atoms with Crippen molar-refractivity contribution in [3.8, 4) is 0 Å². The van der Waals surface area contributed by atoms with Crippen LogP contribution in [0, 0.1) is 0 Å². The number of rotatable bonds is 12. The maximum absolute atomic E-state index is 4.35. The second-order valence-electron chi connectivity index (χ2n) is 4.76. The van der Waals surface area contributed by atoms with Crippen molar-refractivity contribution in [2.45, 2.75) is 79.1 Å². The number of hydrogen-bond donors (Lipinski definition) is 0. The molecule has 4 heteroatoms. The molecular weight excluding hydrogens is 254 g/mol. The molecule has 0 aromatic heterocycles. The van der Waals surface area contributed by atoms with E-state index >= 15 is 0 Å². The van der Waals surface area contributed by atoms with E-state index < -0.39 is 0 Å². The number of nitrogens with zero attached hydrogens (tertiary/aromatic N) is 2. The van der Waals surface area contributed by atoms with Crippen LogP contribution in [0.1, 0.15) is 81.9 Å². The van der Waals surface area contributed by atoms with Crippen molar-refractivity contribution in [1.82, 2.24) is 0 Å². The molecule has 0 N–H and O–H groups in total.